The van der Waals surface area contributed by atoms with Gasteiger partial charge < -0.3 is 5.73 Å². The molecule has 0 unspecified atom stereocenters. The molecule has 0 radical (unpaired) electrons. The van der Waals surface area contributed by atoms with Gasteiger partial charge in [-0.3, -0.25) is 4.79 Å². The third-order valence-corrected chi connectivity index (χ3v) is 1.94. The number of hydrogen-bond acceptors (Lipinski definition) is 3. The Balaban J connectivity index is 3.08. The largest absolute Gasteiger partial charge is 0.399 e. The summed E-state index contributed by atoms with van der Waals surface area (Å²) in [6.07, 6.45) is 0.741. The quantitative estimate of drug-likeness (QED) is 0.582. The number of Topliss-reactive ketones (excluding diaryl/α,β-unsaturated/α-hetero) is 1. The molecule has 0 heterocycles. The molecule has 0 atom stereocenters. The molecule has 0 saturated carbocycles. The van der Waals surface area contributed by atoms with Crippen molar-refractivity contribution in [3.63, 3.8) is 0 Å². The zero-order valence-corrected chi connectivity index (χ0v) is 8.08. The molecule has 1 aromatic carbocycles. The fourth-order valence-corrected chi connectivity index (χ4v) is 1.28. The van der Waals surface area contributed by atoms with E-state index in [0.29, 0.717) is 17.7 Å². The van der Waals surface area contributed by atoms with Crippen molar-refractivity contribution in [3.8, 4) is 6.07 Å². The second-order valence-corrected chi connectivity index (χ2v) is 3.07. The fourth-order valence-electron chi connectivity index (χ4n) is 1.28. The molecule has 0 saturated heterocycles. The van der Waals surface area contributed by atoms with E-state index >= 15 is 0 Å². The number of nitrogens with two attached hydrogens (primary N) is 1. The number of benzene rings is 1. The summed E-state index contributed by atoms with van der Waals surface area (Å²) in [5.41, 5.74) is 7.55. The van der Waals surface area contributed by atoms with E-state index in [1.54, 1.807) is 25.1 Å². The summed E-state index contributed by atoms with van der Waals surface area (Å²) in [5.74, 6) is 0.0523. The maximum Gasteiger partial charge on any atom is 0.162 e. The van der Waals surface area contributed by atoms with Crippen LogP contribution in [0.25, 0.3) is 0 Å². The molecule has 72 valence electrons. The maximum absolute atomic E-state index is 11.4. The summed E-state index contributed by atoms with van der Waals surface area (Å²) < 4.78 is 0. The van der Waals surface area contributed by atoms with E-state index in [9.17, 15) is 4.79 Å². The molecular weight excluding hydrogens is 176 g/mol. The summed E-state index contributed by atoms with van der Waals surface area (Å²) >= 11 is 0. The van der Waals surface area contributed by atoms with Gasteiger partial charge >= 0.3 is 0 Å². The molecule has 0 aromatic heterocycles. The van der Waals surface area contributed by atoms with Crippen molar-refractivity contribution >= 4 is 11.5 Å². The molecule has 0 amide bonds. The highest BCUT2D eigenvalue weighted by molar-refractivity contribution is 5.96. The van der Waals surface area contributed by atoms with Crippen LogP contribution < -0.4 is 5.73 Å². The number of nitriles is 1. The molecule has 0 fully saturated rings. The molecule has 3 nitrogen and oxygen atoms in total. The Kier molecular flexibility index (Phi) is 3.24. The monoisotopic (exact) mass is 188 g/mol. The standard InChI is InChI=1S/C11H12N2O/c1-2-11(14)9-5-8(3-4-12)6-10(13)7-9/h5-7H,2-3,13H2,1H3. The van der Waals surface area contributed by atoms with Crippen LogP contribution in [0.3, 0.4) is 0 Å². The van der Waals surface area contributed by atoms with E-state index in [-0.39, 0.29) is 12.2 Å². The van der Waals surface area contributed by atoms with Crippen molar-refractivity contribution in [2.24, 2.45) is 0 Å². The van der Waals surface area contributed by atoms with Crippen LogP contribution in [0, 0.1) is 11.3 Å². The highest BCUT2D eigenvalue weighted by Crippen LogP contribution is 2.14. The van der Waals surface area contributed by atoms with Crippen molar-refractivity contribution in [2.45, 2.75) is 19.8 Å². The molecular formula is C11H12N2O. The number of nitrogens with zero attached hydrogens (tertiary/aromatic N) is 1. The third kappa shape index (κ3) is 2.33. The van der Waals surface area contributed by atoms with E-state index in [0.717, 1.165) is 5.56 Å². The highest BCUT2D eigenvalue weighted by atomic mass is 16.1. The number of nitrogen functional groups attached to an aromatic ring is 1. The topological polar surface area (TPSA) is 66.9 Å². The van der Waals surface area contributed by atoms with Gasteiger partial charge in [0.2, 0.25) is 0 Å². The average Bonchev–Trinajstić information content (AvgIpc) is 2.16. The lowest BCUT2D eigenvalue weighted by atomic mass is 10.0. The highest BCUT2D eigenvalue weighted by Gasteiger charge is 2.05. The smallest absolute Gasteiger partial charge is 0.162 e. The first-order valence-electron chi connectivity index (χ1n) is 4.47. The first-order valence-corrected chi connectivity index (χ1v) is 4.47. The predicted molar refractivity (Wildman–Crippen MR) is 54.8 cm³/mol. The number of carbonyl (C=O) groups is 1. The van der Waals surface area contributed by atoms with E-state index in [2.05, 4.69) is 0 Å². The van der Waals surface area contributed by atoms with Crippen LogP contribution >= 0.6 is 0 Å². The maximum atomic E-state index is 11.4. The summed E-state index contributed by atoms with van der Waals surface area (Å²) in [4.78, 5) is 11.4. The molecule has 3 heteroatoms. The number of anilines is 1. The van der Waals surface area contributed by atoms with E-state index in [1.165, 1.54) is 0 Å². The lowest BCUT2D eigenvalue weighted by molar-refractivity contribution is 0.0988. The zero-order chi connectivity index (χ0) is 10.6. The number of hydrogen-bond donors (Lipinski definition) is 1. The Hall–Kier alpha value is -1.82. The molecule has 0 bridgehead atoms. The summed E-state index contributed by atoms with van der Waals surface area (Å²) in [6, 6.07) is 7.12. The van der Waals surface area contributed by atoms with Gasteiger partial charge in [0.1, 0.15) is 0 Å². The SMILES string of the molecule is CCC(=O)c1cc(N)cc(CC#N)c1. The number of ketones is 1. The first-order chi connectivity index (χ1) is 6.67. The Morgan fingerprint density at radius 3 is 2.79 bits per heavy atom. The van der Waals surface area contributed by atoms with E-state index < -0.39 is 0 Å². The van der Waals surface area contributed by atoms with Gasteiger partial charge in [0.25, 0.3) is 0 Å². The zero-order valence-electron chi connectivity index (χ0n) is 8.08. The lowest BCUT2D eigenvalue weighted by Crippen LogP contribution is -2.00. The molecule has 0 aliphatic heterocycles. The van der Waals surface area contributed by atoms with Gasteiger partial charge in [-0.25, -0.2) is 0 Å². The minimum Gasteiger partial charge on any atom is -0.399 e. The fraction of sp³-hybridized carbons (Fsp3) is 0.273. The van der Waals surface area contributed by atoms with Crippen LogP contribution in [0.4, 0.5) is 5.69 Å². The number of carbonyl (C=O) groups excluding carboxylic acids is 1. The van der Waals surface area contributed by atoms with E-state index in [4.69, 9.17) is 11.0 Å². The minimum atomic E-state index is 0.0523. The van der Waals surface area contributed by atoms with Crippen molar-refractivity contribution in [1.29, 1.82) is 5.26 Å². The molecule has 1 rings (SSSR count). The van der Waals surface area contributed by atoms with Crippen molar-refractivity contribution < 1.29 is 4.79 Å². The van der Waals surface area contributed by atoms with E-state index in [1.807, 2.05) is 6.07 Å². The normalized spacial score (nSPS) is 9.43. The molecule has 0 spiro atoms. The Morgan fingerprint density at radius 2 is 2.21 bits per heavy atom. The van der Waals surface area contributed by atoms with Crippen LogP contribution in [-0.4, -0.2) is 5.78 Å². The van der Waals surface area contributed by atoms with Crippen LogP contribution in [0.5, 0.6) is 0 Å². The van der Waals surface area contributed by atoms with Crippen molar-refractivity contribution in [1.82, 2.24) is 0 Å². The van der Waals surface area contributed by atoms with Gasteiger partial charge in [0.05, 0.1) is 12.5 Å². The minimum absolute atomic E-state index is 0.0523. The van der Waals surface area contributed by atoms with Gasteiger partial charge in [-0.05, 0) is 23.8 Å². The summed E-state index contributed by atoms with van der Waals surface area (Å²) in [5, 5.41) is 8.52. The van der Waals surface area contributed by atoms with Crippen molar-refractivity contribution in [2.75, 3.05) is 5.73 Å². The Morgan fingerprint density at radius 1 is 1.50 bits per heavy atom. The first kappa shape index (κ1) is 10.3. The van der Waals surface area contributed by atoms with Gasteiger partial charge in [-0.1, -0.05) is 6.92 Å². The Labute approximate surface area is 83.2 Å². The average molecular weight is 188 g/mol. The summed E-state index contributed by atoms with van der Waals surface area (Å²) in [7, 11) is 0. The molecule has 1 aromatic rings. The van der Waals surface area contributed by atoms with Gasteiger partial charge in [-0.15, -0.1) is 0 Å². The van der Waals surface area contributed by atoms with Crippen molar-refractivity contribution in [3.05, 3.63) is 29.3 Å². The Bertz CT molecular complexity index is 391. The van der Waals surface area contributed by atoms with Crippen LogP contribution in [-0.2, 0) is 6.42 Å². The van der Waals surface area contributed by atoms with Gasteiger partial charge in [-0.2, -0.15) is 5.26 Å². The van der Waals surface area contributed by atoms with Crippen LogP contribution in [0.15, 0.2) is 18.2 Å². The lowest BCUT2D eigenvalue weighted by Gasteiger charge is -2.02. The second kappa shape index (κ2) is 4.43. The van der Waals surface area contributed by atoms with Gasteiger partial charge in [0.15, 0.2) is 5.78 Å². The second-order valence-electron chi connectivity index (χ2n) is 3.07. The summed E-state index contributed by atoms with van der Waals surface area (Å²) in [6.45, 7) is 1.80. The number of rotatable bonds is 3. The predicted octanol–water partition coefficient (Wildman–Crippen LogP) is 1.93. The molecule has 0 aliphatic carbocycles. The molecule has 0 aliphatic rings. The van der Waals surface area contributed by atoms with Crippen LogP contribution in [0.2, 0.25) is 0 Å². The van der Waals surface area contributed by atoms with Crippen LogP contribution in [0.1, 0.15) is 29.3 Å². The van der Waals surface area contributed by atoms with Gasteiger partial charge in [0, 0.05) is 17.7 Å². The third-order valence-electron chi connectivity index (χ3n) is 1.94. The molecule has 2 N–H and O–H groups in total. The molecule has 14 heavy (non-hydrogen) atoms.